The number of carbonyl (C=O) groups excluding carboxylic acids is 1. The van der Waals surface area contributed by atoms with Gasteiger partial charge < -0.3 is 27.6 Å². The first kappa shape index (κ1) is 16.5. The largest absolute Gasteiger partial charge is 0.494 e. The Bertz CT molecular complexity index is 333. The van der Waals surface area contributed by atoms with Crippen LogP contribution in [0.25, 0.3) is 0 Å². The van der Waals surface area contributed by atoms with E-state index in [2.05, 4.69) is 5.32 Å². The molecule has 0 saturated carbocycles. The summed E-state index contributed by atoms with van der Waals surface area (Å²) < 4.78 is 12.1. The third-order valence-electron chi connectivity index (χ3n) is 2.06. The molecule has 0 aliphatic carbocycles. The van der Waals surface area contributed by atoms with Gasteiger partial charge in [0.1, 0.15) is 16.9 Å². The first-order valence-electron chi connectivity index (χ1n) is 5.30. The minimum atomic E-state index is -0.895. The highest BCUT2D eigenvalue weighted by molar-refractivity contribution is 6.29. The van der Waals surface area contributed by atoms with Crippen molar-refractivity contribution in [1.29, 1.82) is 0 Å². The third-order valence-corrected chi connectivity index (χ3v) is 2.17. The van der Waals surface area contributed by atoms with E-state index in [9.17, 15) is 9.18 Å². The Morgan fingerprint density at radius 3 is 2.22 bits per heavy atom. The highest BCUT2D eigenvalue weighted by Gasteiger charge is 2.09. The van der Waals surface area contributed by atoms with Crippen LogP contribution in [0.3, 0.4) is 0 Å². The molecule has 0 aromatic carbocycles. The van der Waals surface area contributed by atoms with Crippen LogP contribution < -0.4 is 22.5 Å². The van der Waals surface area contributed by atoms with Crippen molar-refractivity contribution in [3.63, 3.8) is 0 Å². The lowest BCUT2D eigenvalue weighted by Crippen LogP contribution is -2.30. The lowest BCUT2D eigenvalue weighted by atomic mass is 10.1. The number of alkyl halides is 1. The number of rotatable bonds is 2. The average molecular weight is 281 g/mol. The summed E-state index contributed by atoms with van der Waals surface area (Å²) in [5, 5.41) is 11.4. The van der Waals surface area contributed by atoms with Gasteiger partial charge >= 0.3 is 0 Å². The Hall–Kier alpha value is -1.47. The van der Waals surface area contributed by atoms with E-state index < -0.39 is 18.0 Å². The molecule has 1 aliphatic rings. The number of amides is 1. The molecule has 18 heavy (non-hydrogen) atoms. The topological polar surface area (TPSA) is 127 Å². The normalized spacial score (nSPS) is 21.4. The number of hydrogen-bond donors (Lipinski definition) is 5. The van der Waals surface area contributed by atoms with Crippen LogP contribution in [-0.2, 0) is 4.79 Å². The molecule has 104 valence electrons. The van der Waals surface area contributed by atoms with E-state index in [1.165, 1.54) is 0 Å². The van der Waals surface area contributed by atoms with Crippen molar-refractivity contribution in [3.8, 4) is 0 Å². The van der Waals surface area contributed by atoms with Gasteiger partial charge in [-0.3, -0.25) is 4.79 Å². The number of aliphatic hydroxyl groups is 1. The molecule has 1 atom stereocenters. The van der Waals surface area contributed by atoms with Crippen molar-refractivity contribution in [3.05, 3.63) is 22.7 Å². The number of aliphatic hydroxyl groups excluding tert-OH is 1. The fraction of sp³-hybridized carbons (Fsp3) is 0.500. The molecule has 6 nitrogen and oxygen atoms in total. The molecule has 1 saturated heterocycles. The van der Waals surface area contributed by atoms with E-state index in [0.717, 1.165) is 25.5 Å². The molecule has 1 aliphatic heterocycles. The number of hydrogen-bond acceptors (Lipinski definition) is 5. The first-order valence-corrected chi connectivity index (χ1v) is 5.68. The first-order chi connectivity index (χ1) is 8.34. The molecule has 0 radical (unpaired) electrons. The van der Waals surface area contributed by atoms with Crippen LogP contribution in [0.1, 0.15) is 12.8 Å². The maximum absolute atomic E-state index is 12.1. The minimum Gasteiger partial charge on any atom is -0.494 e. The van der Waals surface area contributed by atoms with Gasteiger partial charge in [0.25, 0.3) is 5.91 Å². The van der Waals surface area contributed by atoms with Gasteiger partial charge in [0.2, 0.25) is 0 Å². The molecule has 0 spiro atoms. The number of nitrogens with two attached hydrogens (primary N) is 3. The van der Waals surface area contributed by atoms with E-state index in [1.807, 2.05) is 0 Å². The lowest BCUT2D eigenvalue weighted by molar-refractivity contribution is -0.114. The molecule has 0 aromatic heterocycles. The fourth-order valence-corrected chi connectivity index (χ4v) is 1.33. The zero-order chi connectivity index (χ0) is 14.1. The van der Waals surface area contributed by atoms with Crippen LogP contribution in [0, 0.1) is 0 Å². The Kier molecular flexibility index (Phi) is 7.89. The summed E-state index contributed by atoms with van der Waals surface area (Å²) in [5.41, 5.74) is 14.3. The monoisotopic (exact) mass is 280 g/mol. The summed E-state index contributed by atoms with van der Waals surface area (Å²) in [4.78, 5) is 10.4. The number of carbonyl (C=O) groups is 1. The lowest BCUT2D eigenvalue weighted by Gasteiger charge is -2.14. The van der Waals surface area contributed by atoms with Gasteiger partial charge in [-0.05, 0) is 25.5 Å². The maximum atomic E-state index is 12.1. The summed E-state index contributed by atoms with van der Waals surface area (Å²) >= 11 is 5.19. The van der Waals surface area contributed by atoms with E-state index in [0.29, 0.717) is 6.54 Å². The second-order valence-electron chi connectivity index (χ2n) is 3.64. The van der Waals surface area contributed by atoms with Crippen LogP contribution in [-0.4, -0.2) is 30.3 Å². The van der Waals surface area contributed by atoms with Crippen molar-refractivity contribution in [2.75, 3.05) is 13.1 Å². The molecule has 8 heteroatoms. The van der Waals surface area contributed by atoms with Crippen LogP contribution in [0.15, 0.2) is 22.7 Å². The molecule has 1 rings (SSSR count). The van der Waals surface area contributed by atoms with Crippen LogP contribution >= 0.6 is 11.6 Å². The van der Waals surface area contributed by atoms with Gasteiger partial charge in [0, 0.05) is 6.54 Å². The van der Waals surface area contributed by atoms with Crippen molar-refractivity contribution >= 4 is 17.5 Å². The molecule has 1 fully saturated rings. The second kappa shape index (κ2) is 8.60. The predicted molar refractivity (Wildman–Crippen MR) is 68.2 cm³/mol. The summed E-state index contributed by atoms with van der Waals surface area (Å²) in [6.45, 7) is 1.57. The van der Waals surface area contributed by atoms with Gasteiger partial charge in [0.05, 0.1) is 0 Å². The van der Waals surface area contributed by atoms with E-state index >= 15 is 0 Å². The Morgan fingerprint density at radius 2 is 2.06 bits per heavy atom. The third kappa shape index (κ3) is 7.75. The van der Waals surface area contributed by atoms with E-state index in [4.69, 9.17) is 33.9 Å². The number of nitrogens with one attached hydrogen (secondary N) is 1. The second-order valence-corrected chi connectivity index (χ2v) is 4.07. The summed E-state index contributed by atoms with van der Waals surface area (Å²) in [6.07, 6.45) is 2.15. The van der Waals surface area contributed by atoms with Crippen LogP contribution in [0.2, 0.25) is 0 Å². The molecule has 0 bridgehead atoms. The molecule has 1 amide bonds. The SMILES string of the molecule is F[C@H]1CCCNC1.NC(=O)C(/C=C(\N)Cl)=C(/N)O. The summed E-state index contributed by atoms with van der Waals surface area (Å²) in [7, 11) is 0. The Balaban J connectivity index is 0.000000351. The molecule has 0 aromatic rings. The van der Waals surface area contributed by atoms with Crippen LogP contribution in [0.5, 0.6) is 0 Å². The van der Waals surface area contributed by atoms with Gasteiger partial charge in [-0.2, -0.15) is 0 Å². The van der Waals surface area contributed by atoms with Gasteiger partial charge in [-0.1, -0.05) is 11.6 Å². The molecule has 0 unspecified atom stereocenters. The zero-order valence-electron chi connectivity index (χ0n) is 9.83. The minimum absolute atomic E-state index is 0.184. The highest BCUT2D eigenvalue weighted by atomic mass is 35.5. The summed E-state index contributed by atoms with van der Waals surface area (Å²) in [5.74, 6) is -1.60. The smallest absolute Gasteiger partial charge is 0.254 e. The molecule has 1 heterocycles. The summed E-state index contributed by atoms with van der Waals surface area (Å²) in [6, 6.07) is 0. The fourth-order valence-electron chi connectivity index (χ4n) is 1.22. The highest BCUT2D eigenvalue weighted by Crippen LogP contribution is 2.03. The standard InChI is InChI=1S/C5H8ClN3O2.C5H10FN/c6-3(7)1-2(4(8)10)5(9)11;6-5-2-1-3-7-4-5/h1,10H,7-8H2,(H2,9,11);5,7H,1-4H2/b3-1-,4-2-;/t;5-/m.0/s1. The van der Waals surface area contributed by atoms with Crippen molar-refractivity contribution in [2.24, 2.45) is 17.2 Å². The number of piperidine rings is 1. The zero-order valence-corrected chi connectivity index (χ0v) is 10.6. The average Bonchev–Trinajstić information content (AvgIpc) is 2.27. The maximum Gasteiger partial charge on any atom is 0.254 e. The van der Waals surface area contributed by atoms with E-state index in [-0.39, 0.29) is 10.7 Å². The van der Waals surface area contributed by atoms with Crippen molar-refractivity contribution in [1.82, 2.24) is 5.32 Å². The van der Waals surface area contributed by atoms with Gasteiger partial charge in [0.15, 0.2) is 5.88 Å². The van der Waals surface area contributed by atoms with Crippen LogP contribution in [0.4, 0.5) is 4.39 Å². The van der Waals surface area contributed by atoms with Gasteiger partial charge in [-0.25, -0.2) is 4.39 Å². The van der Waals surface area contributed by atoms with Crippen molar-refractivity contribution < 1.29 is 14.3 Å². The molecular weight excluding hydrogens is 263 g/mol. The Morgan fingerprint density at radius 1 is 1.44 bits per heavy atom. The quantitative estimate of drug-likeness (QED) is 0.210. The van der Waals surface area contributed by atoms with Crippen molar-refractivity contribution in [2.45, 2.75) is 19.0 Å². The Labute approximate surface area is 110 Å². The van der Waals surface area contributed by atoms with E-state index in [1.54, 1.807) is 0 Å². The number of primary amides is 1. The molecule has 8 N–H and O–H groups in total. The number of halogens is 2. The molecular formula is C10H18ClFN4O2. The van der Waals surface area contributed by atoms with Gasteiger partial charge in [-0.15, -0.1) is 0 Å². The predicted octanol–water partition coefficient (Wildman–Crippen LogP) is -0.0532.